The maximum atomic E-state index is 13.6. The molecule has 1 aliphatic heterocycles. The molecule has 31 heavy (non-hydrogen) atoms. The highest BCUT2D eigenvalue weighted by atomic mass is 16.2. The van der Waals surface area contributed by atoms with Gasteiger partial charge in [-0.25, -0.2) is 0 Å². The lowest BCUT2D eigenvalue weighted by Crippen LogP contribution is -2.63. The summed E-state index contributed by atoms with van der Waals surface area (Å²) in [6.45, 7) is 6.56. The molecule has 0 unspecified atom stereocenters. The van der Waals surface area contributed by atoms with Crippen molar-refractivity contribution in [1.82, 2.24) is 5.32 Å². The van der Waals surface area contributed by atoms with Crippen molar-refractivity contribution in [1.29, 1.82) is 0 Å². The minimum atomic E-state index is -1.03. The van der Waals surface area contributed by atoms with Crippen LogP contribution in [-0.2, 0) is 17.8 Å². The predicted molar refractivity (Wildman–Crippen MR) is 124 cm³/mol. The van der Waals surface area contributed by atoms with Crippen molar-refractivity contribution in [2.24, 2.45) is 0 Å². The molecule has 1 N–H and O–H groups in total. The molecular weight excluding hydrogens is 384 g/mol. The molecule has 3 aromatic carbocycles. The SMILES string of the molecule is CC(C)c1ccc(N2C(=O)c3ccccc3C[C@]2(C)C(=O)NCc2ccccc2)cc1. The predicted octanol–water partition coefficient (Wildman–Crippen LogP) is 5.09. The highest BCUT2D eigenvalue weighted by Crippen LogP contribution is 2.36. The summed E-state index contributed by atoms with van der Waals surface area (Å²) in [4.78, 5) is 28.7. The zero-order valence-corrected chi connectivity index (χ0v) is 18.3. The maximum absolute atomic E-state index is 13.6. The van der Waals surface area contributed by atoms with Gasteiger partial charge in [0.2, 0.25) is 5.91 Å². The quantitative estimate of drug-likeness (QED) is 0.635. The number of carbonyl (C=O) groups is 2. The van der Waals surface area contributed by atoms with E-state index >= 15 is 0 Å². The first-order valence-corrected chi connectivity index (χ1v) is 10.7. The summed E-state index contributed by atoms with van der Waals surface area (Å²) in [5.41, 5.74) is 3.49. The third-order valence-electron chi connectivity index (χ3n) is 6.08. The Morgan fingerprint density at radius 1 is 0.968 bits per heavy atom. The lowest BCUT2D eigenvalue weighted by molar-refractivity contribution is -0.126. The lowest BCUT2D eigenvalue weighted by atomic mass is 9.82. The van der Waals surface area contributed by atoms with Gasteiger partial charge in [0.25, 0.3) is 5.91 Å². The number of hydrogen-bond donors (Lipinski definition) is 1. The van der Waals surface area contributed by atoms with Gasteiger partial charge in [-0.1, -0.05) is 74.5 Å². The fourth-order valence-electron chi connectivity index (χ4n) is 4.24. The van der Waals surface area contributed by atoms with E-state index in [0.717, 1.165) is 16.8 Å². The van der Waals surface area contributed by atoms with Crippen LogP contribution in [0.25, 0.3) is 0 Å². The Morgan fingerprint density at radius 3 is 2.29 bits per heavy atom. The van der Waals surface area contributed by atoms with Crippen molar-refractivity contribution in [2.75, 3.05) is 4.90 Å². The molecule has 0 radical (unpaired) electrons. The Bertz CT molecular complexity index is 1090. The van der Waals surface area contributed by atoms with Crippen LogP contribution in [0, 0.1) is 0 Å². The fraction of sp³-hybridized carbons (Fsp3) is 0.259. The molecule has 0 fully saturated rings. The average molecular weight is 413 g/mol. The van der Waals surface area contributed by atoms with Gasteiger partial charge in [-0.15, -0.1) is 0 Å². The first-order chi connectivity index (χ1) is 14.9. The molecule has 3 aromatic rings. The van der Waals surface area contributed by atoms with Gasteiger partial charge in [0.15, 0.2) is 0 Å². The first kappa shape index (κ1) is 20.9. The Morgan fingerprint density at radius 2 is 1.61 bits per heavy atom. The zero-order valence-electron chi connectivity index (χ0n) is 18.3. The molecule has 0 bridgehead atoms. The third-order valence-corrected chi connectivity index (χ3v) is 6.08. The summed E-state index contributed by atoms with van der Waals surface area (Å²) in [7, 11) is 0. The number of anilines is 1. The van der Waals surface area contributed by atoms with Crippen LogP contribution < -0.4 is 10.2 Å². The molecule has 4 heteroatoms. The number of carbonyl (C=O) groups excluding carboxylic acids is 2. The summed E-state index contributed by atoms with van der Waals surface area (Å²) < 4.78 is 0. The van der Waals surface area contributed by atoms with E-state index < -0.39 is 5.54 Å². The van der Waals surface area contributed by atoms with Gasteiger partial charge in [-0.3, -0.25) is 14.5 Å². The highest BCUT2D eigenvalue weighted by Gasteiger charge is 2.47. The van der Waals surface area contributed by atoms with Crippen LogP contribution in [0.2, 0.25) is 0 Å². The van der Waals surface area contributed by atoms with E-state index in [2.05, 4.69) is 19.2 Å². The molecule has 1 atom stereocenters. The van der Waals surface area contributed by atoms with Crippen LogP contribution >= 0.6 is 0 Å². The summed E-state index contributed by atoms with van der Waals surface area (Å²) in [5.74, 6) is 0.0936. The second kappa shape index (κ2) is 8.38. The first-order valence-electron chi connectivity index (χ1n) is 10.7. The topological polar surface area (TPSA) is 49.4 Å². The average Bonchev–Trinajstić information content (AvgIpc) is 2.78. The number of fused-ring (bicyclic) bond motifs is 1. The van der Waals surface area contributed by atoms with Crippen LogP contribution in [0.1, 0.15) is 53.7 Å². The zero-order chi connectivity index (χ0) is 22.0. The van der Waals surface area contributed by atoms with Gasteiger partial charge in [0, 0.05) is 24.2 Å². The summed E-state index contributed by atoms with van der Waals surface area (Å²) >= 11 is 0. The molecule has 0 aromatic heterocycles. The van der Waals surface area contributed by atoms with E-state index in [0.29, 0.717) is 24.4 Å². The molecule has 1 aliphatic rings. The molecule has 1 heterocycles. The molecule has 4 rings (SSSR count). The number of nitrogens with zero attached hydrogens (tertiary/aromatic N) is 1. The van der Waals surface area contributed by atoms with Gasteiger partial charge >= 0.3 is 0 Å². The number of amides is 2. The molecule has 0 saturated carbocycles. The van der Waals surface area contributed by atoms with Gasteiger partial charge in [-0.05, 0) is 47.7 Å². The van der Waals surface area contributed by atoms with Crippen LogP contribution in [0.4, 0.5) is 5.69 Å². The van der Waals surface area contributed by atoms with Crippen LogP contribution in [0.5, 0.6) is 0 Å². The minimum Gasteiger partial charge on any atom is -0.350 e. The van der Waals surface area contributed by atoms with Gasteiger partial charge < -0.3 is 5.32 Å². The lowest BCUT2D eigenvalue weighted by Gasteiger charge is -2.44. The normalized spacial score (nSPS) is 18.1. The highest BCUT2D eigenvalue weighted by molar-refractivity contribution is 6.14. The van der Waals surface area contributed by atoms with Crippen LogP contribution in [0.3, 0.4) is 0 Å². The Labute approximate surface area is 183 Å². The van der Waals surface area contributed by atoms with Crippen LogP contribution in [-0.4, -0.2) is 17.4 Å². The van der Waals surface area contributed by atoms with E-state index in [1.807, 2.05) is 85.8 Å². The maximum Gasteiger partial charge on any atom is 0.259 e. The number of rotatable bonds is 5. The van der Waals surface area contributed by atoms with Gasteiger partial charge in [0.05, 0.1) is 0 Å². The van der Waals surface area contributed by atoms with E-state index in [-0.39, 0.29) is 11.8 Å². The second-order valence-electron chi connectivity index (χ2n) is 8.66. The van der Waals surface area contributed by atoms with Crippen molar-refractivity contribution in [3.63, 3.8) is 0 Å². The van der Waals surface area contributed by atoms with Crippen molar-refractivity contribution < 1.29 is 9.59 Å². The van der Waals surface area contributed by atoms with Crippen molar-refractivity contribution in [3.05, 3.63) is 101 Å². The smallest absolute Gasteiger partial charge is 0.259 e. The van der Waals surface area contributed by atoms with Gasteiger partial charge in [0.1, 0.15) is 5.54 Å². The van der Waals surface area contributed by atoms with E-state index in [4.69, 9.17) is 0 Å². The largest absolute Gasteiger partial charge is 0.350 e. The Balaban J connectivity index is 1.71. The molecule has 4 nitrogen and oxygen atoms in total. The van der Waals surface area contributed by atoms with Gasteiger partial charge in [-0.2, -0.15) is 0 Å². The summed E-state index contributed by atoms with van der Waals surface area (Å²) in [6.07, 6.45) is 0.460. The Hall–Kier alpha value is -3.40. The van der Waals surface area contributed by atoms with E-state index in [1.165, 1.54) is 5.56 Å². The summed E-state index contributed by atoms with van der Waals surface area (Å²) in [6, 6.07) is 25.4. The second-order valence-corrected chi connectivity index (χ2v) is 8.66. The molecule has 0 spiro atoms. The number of hydrogen-bond acceptors (Lipinski definition) is 2. The van der Waals surface area contributed by atoms with E-state index in [9.17, 15) is 9.59 Å². The Kier molecular flexibility index (Phi) is 5.64. The third kappa shape index (κ3) is 3.98. The molecule has 158 valence electrons. The number of benzene rings is 3. The van der Waals surface area contributed by atoms with Crippen molar-refractivity contribution in [2.45, 2.75) is 45.2 Å². The standard InChI is InChI=1S/C27H28N2O2/c1-19(2)21-13-15-23(16-14-21)29-25(30)24-12-8-7-11-22(24)17-27(29,3)26(31)28-18-20-9-5-4-6-10-20/h4-16,19H,17-18H2,1-3H3,(H,28,31)/t27-/m1/s1. The molecular formula is C27H28N2O2. The molecule has 0 saturated heterocycles. The molecule has 2 amide bonds. The monoisotopic (exact) mass is 412 g/mol. The minimum absolute atomic E-state index is 0.142. The fourth-order valence-corrected chi connectivity index (χ4v) is 4.24. The number of nitrogens with one attached hydrogen (secondary N) is 1. The van der Waals surface area contributed by atoms with E-state index in [1.54, 1.807) is 4.90 Å². The van der Waals surface area contributed by atoms with Crippen molar-refractivity contribution in [3.8, 4) is 0 Å². The summed E-state index contributed by atoms with van der Waals surface area (Å²) in [5, 5.41) is 3.06. The van der Waals surface area contributed by atoms with Crippen LogP contribution in [0.15, 0.2) is 78.9 Å². The van der Waals surface area contributed by atoms with Crippen molar-refractivity contribution >= 4 is 17.5 Å². The molecule has 0 aliphatic carbocycles.